The molecule has 0 radical (unpaired) electrons. The van der Waals surface area contributed by atoms with Gasteiger partial charge >= 0.3 is 5.69 Å². The minimum absolute atomic E-state index is 0.0842. The number of thioether (sulfide) groups is 1. The number of nitrogens with zero attached hydrogens (tertiary/aromatic N) is 2. The smallest absolute Gasteiger partial charge is 0.261 e. The minimum atomic E-state index is -3.83. The molecule has 3 heterocycles. The average Bonchev–Trinajstić information content (AvgIpc) is 3.16. The molecule has 0 spiro atoms. The van der Waals surface area contributed by atoms with Gasteiger partial charge < -0.3 is 0 Å². The van der Waals surface area contributed by atoms with E-state index in [4.69, 9.17) is 0 Å². The van der Waals surface area contributed by atoms with Crippen molar-refractivity contribution in [2.24, 2.45) is 5.92 Å². The van der Waals surface area contributed by atoms with Gasteiger partial charge in [0.25, 0.3) is 10.0 Å². The van der Waals surface area contributed by atoms with E-state index in [0.717, 1.165) is 38.3 Å². The predicted octanol–water partition coefficient (Wildman–Crippen LogP) is 5.11. The van der Waals surface area contributed by atoms with E-state index in [0.29, 0.717) is 15.4 Å². The molecule has 0 saturated heterocycles. The van der Waals surface area contributed by atoms with Gasteiger partial charge in [-0.05, 0) is 60.0 Å². The van der Waals surface area contributed by atoms with E-state index in [9.17, 15) is 13.2 Å². The predicted molar refractivity (Wildman–Crippen MR) is 121 cm³/mol. The third-order valence-electron chi connectivity index (χ3n) is 4.10. The standard InChI is InChI=1S/C17H20BrN3O3S4/c1-9(2)7-8-25-16-14-15(19-17(22)21(14)10(3)11(4)26-16)20-28(23,24)13-6-5-12(18)27-13/h5-6,9H,7-8H2,1-4H3,(H,19,20,22). The number of hydrogen-bond acceptors (Lipinski definition) is 7. The van der Waals surface area contributed by atoms with E-state index in [1.807, 2.05) is 13.8 Å². The molecule has 28 heavy (non-hydrogen) atoms. The van der Waals surface area contributed by atoms with Crippen molar-refractivity contribution in [3.8, 4) is 5.69 Å². The highest BCUT2D eigenvalue weighted by Gasteiger charge is 2.27. The molecule has 1 aromatic heterocycles. The summed E-state index contributed by atoms with van der Waals surface area (Å²) in [7, 11) is -3.83. The van der Waals surface area contributed by atoms with E-state index in [2.05, 4.69) is 39.5 Å². The van der Waals surface area contributed by atoms with Crippen LogP contribution in [-0.4, -0.2) is 23.7 Å². The Morgan fingerprint density at radius 2 is 2.00 bits per heavy atom. The molecule has 0 unspecified atom stereocenters. The molecule has 3 rings (SSSR count). The van der Waals surface area contributed by atoms with Gasteiger partial charge in [-0.3, -0.25) is 9.29 Å². The molecule has 2 aliphatic heterocycles. The molecule has 6 nitrogen and oxygen atoms in total. The SMILES string of the molecule is Cc1sc(SCCC(C)C)c2c(NS(=O)(=O)c3ccc(Br)s3)nc(=O)n-2c1C. The molecule has 0 bridgehead atoms. The number of aryl methyl sites for hydroxylation is 1. The molecule has 0 amide bonds. The van der Waals surface area contributed by atoms with Gasteiger partial charge in [0.2, 0.25) is 0 Å². The topological polar surface area (TPSA) is 81.1 Å². The Bertz CT molecular complexity index is 1130. The zero-order valence-corrected chi connectivity index (χ0v) is 20.6. The third kappa shape index (κ3) is 4.48. The molecule has 152 valence electrons. The van der Waals surface area contributed by atoms with Crippen molar-refractivity contribution in [3.05, 3.63) is 37.0 Å². The van der Waals surface area contributed by atoms with Crippen molar-refractivity contribution in [3.63, 3.8) is 0 Å². The molecule has 1 aromatic rings. The average molecular weight is 523 g/mol. The maximum absolute atomic E-state index is 12.8. The normalized spacial score (nSPS) is 12.2. The van der Waals surface area contributed by atoms with Crippen LogP contribution in [0.25, 0.3) is 5.69 Å². The maximum atomic E-state index is 12.8. The van der Waals surface area contributed by atoms with Crippen LogP contribution in [0.15, 0.2) is 29.1 Å². The van der Waals surface area contributed by atoms with Gasteiger partial charge in [0.05, 0.1) is 8.00 Å². The largest absolute Gasteiger partial charge is 0.354 e. The first kappa shape index (κ1) is 21.8. The lowest BCUT2D eigenvalue weighted by Crippen LogP contribution is -2.17. The lowest BCUT2D eigenvalue weighted by atomic mass is 10.2. The van der Waals surface area contributed by atoms with Crippen LogP contribution in [0.4, 0.5) is 5.82 Å². The molecule has 1 N–H and O–H groups in total. The van der Waals surface area contributed by atoms with Crippen LogP contribution in [0, 0.1) is 19.8 Å². The fourth-order valence-electron chi connectivity index (χ4n) is 2.49. The highest BCUT2D eigenvalue weighted by molar-refractivity contribution is 9.11. The van der Waals surface area contributed by atoms with Crippen LogP contribution >= 0.6 is 50.4 Å². The number of nitrogens with one attached hydrogen (secondary N) is 1. The Labute approximate surface area is 184 Å². The van der Waals surface area contributed by atoms with Crippen LogP contribution in [-0.2, 0) is 10.0 Å². The Morgan fingerprint density at radius 1 is 1.29 bits per heavy atom. The molecule has 0 aliphatic carbocycles. The monoisotopic (exact) mass is 521 g/mol. The third-order valence-corrected chi connectivity index (χ3v) is 10.0. The van der Waals surface area contributed by atoms with Crippen LogP contribution in [0.5, 0.6) is 0 Å². The summed E-state index contributed by atoms with van der Waals surface area (Å²) in [6.45, 7) is 8.12. The molecular weight excluding hydrogens is 502 g/mol. The van der Waals surface area contributed by atoms with Gasteiger partial charge in [0, 0.05) is 10.6 Å². The molecule has 0 atom stereocenters. The van der Waals surface area contributed by atoms with Gasteiger partial charge in [-0.1, -0.05) is 13.8 Å². The first-order chi connectivity index (χ1) is 13.1. The quantitative estimate of drug-likeness (QED) is 0.436. The van der Waals surface area contributed by atoms with Crippen molar-refractivity contribution < 1.29 is 8.42 Å². The number of hydrogen-bond donors (Lipinski definition) is 1. The summed E-state index contributed by atoms with van der Waals surface area (Å²) in [6.07, 6.45) is 1.03. The Kier molecular flexibility index (Phi) is 6.60. The Morgan fingerprint density at radius 3 is 2.61 bits per heavy atom. The van der Waals surface area contributed by atoms with Gasteiger partial charge in [-0.2, -0.15) is 4.98 Å². The summed E-state index contributed by atoms with van der Waals surface area (Å²) >= 11 is 7.58. The lowest BCUT2D eigenvalue weighted by Gasteiger charge is -2.16. The van der Waals surface area contributed by atoms with Crippen molar-refractivity contribution >= 4 is 66.2 Å². The van der Waals surface area contributed by atoms with Gasteiger partial charge in [0.15, 0.2) is 5.82 Å². The van der Waals surface area contributed by atoms with Crippen molar-refractivity contribution in [1.29, 1.82) is 0 Å². The number of sulfonamides is 1. The van der Waals surface area contributed by atoms with Crippen molar-refractivity contribution in [2.45, 2.75) is 42.5 Å². The van der Waals surface area contributed by atoms with Crippen LogP contribution in [0.3, 0.4) is 0 Å². The van der Waals surface area contributed by atoms with Gasteiger partial charge in [-0.15, -0.1) is 34.4 Å². The second-order valence-corrected chi connectivity index (χ2v) is 13.6. The maximum Gasteiger partial charge on any atom is 0.354 e. The number of rotatable bonds is 7. The zero-order valence-electron chi connectivity index (χ0n) is 15.8. The van der Waals surface area contributed by atoms with Gasteiger partial charge in [0.1, 0.15) is 9.90 Å². The molecular formula is C17H20BrN3O3S4. The Hall–Kier alpha value is -0.880. The number of halogens is 1. The van der Waals surface area contributed by atoms with E-state index in [1.165, 1.54) is 10.6 Å². The minimum Gasteiger partial charge on any atom is -0.261 e. The summed E-state index contributed by atoms with van der Waals surface area (Å²) in [4.78, 5) is 17.6. The molecule has 0 saturated carbocycles. The summed E-state index contributed by atoms with van der Waals surface area (Å²) in [5.74, 6) is 1.53. The highest BCUT2D eigenvalue weighted by atomic mass is 79.9. The molecule has 0 fully saturated rings. The van der Waals surface area contributed by atoms with E-state index < -0.39 is 15.7 Å². The molecule has 0 aromatic carbocycles. The molecule has 2 aliphatic rings. The number of thiophene rings is 1. The second kappa shape index (κ2) is 8.47. The summed E-state index contributed by atoms with van der Waals surface area (Å²) in [5.41, 5.74) is 0.834. The van der Waals surface area contributed by atoms with E-state index >= 15 is 0 Å². The first-order valence-electron chi connectivity index (χ1n) is 8.54. The van der Waals surface area contributed by atoms with Crippen LogP contribution in [0.2, 0.25) is 0 Å². The van der Waals surface area contributed by atoms with Crippen molar-refractivity contribution in [1.82, 2.24) is 9.55 Å². The summed E-state index contributed by atoms with van der Waals surface area (Å²) < 4.78 is 31.3. The number of imidazole rings is 1. The summed E-state index contributed by atoms with van der Waals surface area (Å²) in [5, 5.41) is 0. The number of anilines is 1. The van der Waals surface area contributed by atoms with E-state index in [1.54, 1.807) is 29.2 Å². The fraction of sp³-hybridized carbons (Fsp3) is 0.412. The molecule has 11 heteroatoms. The van der Waals surface area contributed by atoms with Gasteiger partial charge in [-0.25, -0.2) is 13.2 Å². The Balaban J connectivity index is 2.07. The first-order valence-corrected chi connectivity index (χ1v) is 13.4. The zero-order chi connectivity index (χ0) is 20.6. The highest BCUT2D eigenvalue weighted by Crippen LogP contribution is 2.39. The summed E-state index contributed by atoms with van der Waals surface area (Å²) in [6, 6.07) is 3.19. The lowest BCUT2D eigenvalue weighted by molar-refractivity contribution is 0.603. The van der Waals surface area contributed by atoms with Crippen LogP contribution < -0.4 is 10.4 Å². The number of fused-ring (bicyclic) bond motifs is 1. The van der Waals surface area contributed by atoms with Crippen molar-refractivity contribution in [2.75, 3.05) is 10.5 Å². The van der Waals surface area contributed by atoms with Crippen LogP contribution in [0.1, 0.15) is 30.8 Å². The fourth-order valence-corrected chi connectivity index (χ4v) is 8.27. The van der Waals surface area contributed by atoms with E-state index in [-0.39, 0.29) is 10.0 Å². The number of aromatic nitrogens is 2. The second-order valence-electron chi connectivity index (χ2n) is 6.65.